The van der Waals surface area contributed by atoms with E-state index in [1.807, 2.05) is 0 Å². The van der Waals surface area contributed by atoms with Gasteiger partial charge in [0.2, 0.25) is 0 Å². The number of rotatable bonds is 7. The summed E-state index contributed by atoms with van der Waals surface area (Å²) in [7, 11) is -8.63. The van der Waals surface area contributed by atoms with Gasteiger partial charge in [0, 0.05) is 0 Å². The number of hydrogen-bond donors (Lipinski definition) is 1. The van der Waals surface area contributed by atoms with Crippen molar-refractivity contribution in [1.29, 1.82) is 0 Å². The number of azo groups is 1. The minimum atomic E-state index is -4.79. The Morgan fingerprint density at radius 3 is 2.31 bits per heavy atom. The van der Waals surface area contributed by atoms with Crippen LogP contribution < -0.4 is 39.3 Å². The molecule has 3 aromatic rings. The molecule has 0 fully saturated rings. The number of nitrogens with one attached hydrogen (secondary N) is 1. The molecule has 180 valence electrons. The zero-order valence-electron chi connectivity index (χ0n) is 19.1. The van der Waals surface area contributed by atoms with Crippen LogP contribution in [0, 0.1) is 0 Å². The van der Waals surface area contributed by atoms with Gasteiger partial charge >= 0.3 is 29.6 Å². The summed E-state index contributed by atoms with van der Waals surface area (Å²) in [5, 5.41) is 13.0. The Labute approximate surface area is 230 Å². The fraction of sp³-hybridized carbons (Fsp3) is 0.0909. The Morgan fingerprint density at radius 1 is 0.944 bits per heavy atom. The normalized spacial score (nSPS) is 16.1. The van der Waals surface area contributed by atoms with Gasteiger partial charge in [-0.2, -0.15) is 20.3 Å². The molecule has 36 heavy (non-hydrogen) atoms. The summed E-state index contributed by atoms with van der Waals surface area (Å²) < 4.78 is 62.0. The van der Waals surface area contributed by atoms with Crippen molar-refractivity contribution in [2.24, 2.45) is 15.3 Å². The first-order valence-corrected chi connectivity index (χ1v) is 13.0. The monoisotopic (exact) mass is 535 g/mol. The van der Waals surface area contributed by atoms with Crippen molar-refractivity contribution in [2.75, 3.05) is 9.73 Å². The van der Waals surface area contributed by atoms with Gasteiger partial charge in [0.1, 0.15) is 15.8 Å². The molecule has 0 aliphatic carbocycles. The molecule has 0 spiro atoms. The molecule has 1 N–H and O–H groups in total. The SMILES string of the molecule is CC1=NN(c2cccc(NS(=O)(=O)c3ccccc3)c2)C(=O)C1N=Nc1ccccc1S(=O)(=O)[O-].[Na+]. The van der Waals surface area contributed by atoms with Gasteiger partial charge in [0.25, 0.3) is 15.9 Å². The van der Waals surface area contributed by atoms with Crippen LogP contribution in [0.1, 0.15) is 6.92 Å². The second kappa shape index (κ2) is 11.0. The largest absolute Gasteiger partial charge is 1.00 e. The second-order valence-electron chi connectivity index (χ2n) is 7.40. The average molecular weight is 536 g/mol. The Morgan fingerprint density at radius 2 is 1.61 bits per heavy atom. The molecule has 0 radical (unpaired) electrons. The summed E-state index contributed by atoms with van der Waals surface area (Å²) in [6, 6.07) is 18.0. The number of hydrazone groups is 1. The number of benzene rings is 3. The summed E-state index contributed by atoms with van der Waals surface area (Å²) in [6.07, 6.45) is 0. The van der Waals surface area contributed by atoms with E-state index in [1.54, 1.807) is 37.3 Å². The summed E-state index contributed by atoms with van der Waals surface area (Å²) in [5.74, 6) is -0.586. The maximum absolute atomic E-state index is 13.0. The van der Waals surface area contributed by atoms with Crippen LogP contribution in [0.25, 0.3) is 0 Å². The smallest absolute Gasteiger partial charge is 0.744 e. The quantitative estimate of drug-likeness (QED) is 0.260. The summed E-state index contributed by atoms with van der Waals surface area (Å²) >= 11 is 0. The molecule has 0 bridgehead atoms. The number of nitrogens with zero attached hydrogens (tertiary/aromatic N) is 4. The maximum atomic E-state index is 13.0. The van der Waals surface area contributed by atoms with E-state index < -0.39 is 37.0 Å². The van der Waals surface area contributed by atoms with E-state index in [1.165, 1.54) is 42.5 Å². The molecule has 11 nitrogen and oxygen atoms in total. The third-order valence-corrected chi connectivity index (χ3v) is 7.19. The van der Waals surface area contributed by atoms with Crippen molar-refractivity contribution in [3.8, 4) is 0 Å². The predicted molar refractivity (Wildman–Crippen MR) is 127 cm³/mol. The molecule has 0 saturated heterocycles. The first kappa shape index (κ1) is 27.6. The minimum absolute atomic E-state index is 0. The third kappa shape index (κ3) is 6.06. The van der Waals surface area contributed by atoms with E-state index in [-0.39, 0.29) is 57.2 Å². The first-order chi connectivity index (χ1) is 16.6. The molecule has 1 aliphatic rings. The third-order valence-electron chi connectivity index (χ3n) is 4.91. The van der Waals surface area contributed by atoms with E-state index in [9.17, 15) is 26.2 Å². The van der Waals surface area contributed by atoms with Crippen molar-refractivity contribution in [1.82, 2.24) is 0 Å². The van der Waals surface area contributed by atoms with Crippen molar-refractivity contribution >= 4 is 48.8 Å². The summed E-state index contributed by atoms with van der Waals surface area (Å²) in [4.78, 5) is 12.5. The number of hydrogen-bond acceptors (Lipinski definition) is 9. The van der Waals surface area contributed by atoms with Gasteiger partial charge in [0.05, 0.1) is 26.9 Å². The topological polar surface area (TPSA) is 161 Å². The molecule has 1 atom stereocenters. The van der Waals surface area contributed by atoms with Crippen LogP contribution in [0.5, 0.6) is 0 Å². The van der Waals surface area contributed by atoms with Crippen LogP contribution in [-0.2, 0) is 24.9 Å². The second-order valence-corrected chi connectivity index (χ2v) is 10.4. The molecule has 1 unspecified atom stereocenters. The number of sulfonamides is 1. The number of anilines is 2. The molecule has 0 aromatic heterocycles. The van der Waals surface area contributed by atoms with Gasteiger partial charge in [-0.3, -0.25) is 9.52 Å². The van der Waals surface area contributed by atoms with E-state index in [2.05, 4.69) is 20.1 Å². The van der Waals surface area contributed by atoms with Gasteiger partial charge < -0.3 is 4.55 Å². The number of amides is 1. The van der Waals surface area contributed by atoms with Crippen LogP contribution in [0.15, 0.2) is 104 Å². The van der Waals surface area contributed by atoms with Gasteiger partial charge in [-0.15, -0.1) is 0 Å². The molecule has 1 aliphatic heterocycles. The number of carbonyl (C=O) groups excluding carboxylic acids is 1. The van der Waals surface area contributed by atoms with Gasteiger partial charge in [-0.1, -0.05) is 36.4 Å². The van der Waals surface area contributed by atoms with E-state index in [0.29, 0.717) is 0 Å². The number of carbonyl (C=O) groups is 1. The van der Waals surface area contributed by atoms with Crippen molar-refractivity contribution in [2.45, 2.75) is 22.8 Å². The standard InChI is InChI=1S/C22H19N5O6S2.Na/c1-15-21(24-23-19-12-5-6-13-20(19)35(31,32)33)22(28)27(25-15)17-9-7-8-16(14-17)26-34(29,30)18-10-3-2-4-11-18;/h2-14,21,26H,1H3,(H,31,32,33);/q;+1/p-1. The maximum Gasteiger partial charge on any atom is 1.00 e. The summed E-state index contributed by atoms with van der Waals surface area (Å²) in [5.41, 5.74) is 0.574. The molecule has 3 aromatic carbocycles. The Balaban J connectivity index is 0.00000361. The van der Waals surface area contributed by atoms with Crippen LogP contribution in [0.3, 0.4) is 0 Å². The van der Waals surface area contributed by atoms with E-state index in [4.69, 9.17) is 0 Å². The Hall–Kier alpha value is -2.94. The fourth-order valence-electron chi connectivity index (χ4n) is 3.26. The summed E-state index contributed by atoms with van der Waals surface area (Å²) in [6.45, 7) is 1.54. The molecule has 14 heteroatoms. The van der Waals surface area contributed by atoms with Crippen molar-refractivity contribution < 1.29 is 55.7 Å². The van der Waals surface area contributed by atoms with Crippen LogP contribution in [-0.4, -0.2) is 39.0 Å². The molecule has 4 rings (SSSR count). The minimum Gasteiger partial charge on any atom is -0.744 e. The molecular weight excluding hydrogens is 517 g/mol. The van der Waals surface area contributed by atoms with Crippen molar-refractivity contribution in [3.05, 3.63) is 78.9 Å². The zero-order chi connectivity index (χ0) is 25.2. The van der Waals surface area contributed by atoms with Gasteiger partial charge in [0.15, 0.2) is 6.04 Å². The van der Waals surface area contributed by atoms with E-state index in [0.717, 1.165) is 11.1 Å². The van der Waals surface area contributed by atoms with Crippen LogP contribution >= 0.6 is 0 Å². The fourth-order valence-corrected chi connectivity index (χ4v) is 4.94. The zero-order valence-corrected chi connectivity index (χ0v) is 22.8. The average Bonchev–Trinajstić information content (AvgIpc) is 3.11. The van der Waals surface area contributed by atoms with Gasteiger partial charge in [-0.25, -0.2) is 16.8 Å². The van der Waals surface area contributed by atoms with E-state index >= 15 is 0 Å². The first-order valence-electron chi connectivity index (χ1n) is 10.1. The predicted octanol–water partition coefficient (Wildman–Crippen LogP) is 0.270. The van der Waals surface area contributed by atoms with Crippen molar-refractivity contribution in [3.63, 3.8) is 0 Å². The molecule has 1 heterocycles. The molecular formula is C22H18N5NaO6S2. The molecule has 0 saturated carbocycles. The van der Waals surface area contributed by atoms with Crippen LogP contribution in [0.2, 0.25) is 0 Å². The van der Waals surface area contributed by atoms with Gasteiger partial charge in [-0.05, 0) is 49.4 Å². The Kier molecular flexibility index (Phi) is 8.44. The van der Waals surface area contributed by atoms with Crippen LogP contribution in [0.4, 0.5) is 17.1 Å². The Bertz CT molecular complexity index is 1560. The molecule has 1 amide bonds.